The number of nitrogens with one attached hydrogen (secondary N) is 1. The van der Waals surface area contributed by atoms with Crippen molar-refractivity contribution in [3.8, 4) is 0 Å². The lowest BCUT2D eigenvalue weighted by Gasteiger charge is -2.21. The van der Waals surface area contributed by atoms with Crippen LogP contribution in [0, 0.1) is 5.41 Å². The minimum absolute atomic E-state index is 0.00475. The van der Waals surface area contributed by atoms with Crippen LogP contribution < -0.4 is 5.32 Å². The van der Waals surface area contributed by atoms with Crippen molar-refractivity contribution in [2.75, 3.05) is 13.1 Å². The third-order valence-corrected chi connectivity index (χ3v) is 3.75. The molecule has 3 heteroatoms. The molecule has 0 aromatic carbocycles. The molecule has 15 heavy (non-hydrogen) atoms. The molecule has 2 rings (SSSR count). The molecule has 2 unspecified atom stereocenters. The normalized spacial score (nSPS) is 30.3. The Morgan fingerprint density at radius 2 is 1.93 bits per heavy atom. The van der Waals surface area contributed by atoms with Crippen LogP contribution in [0.5, 0.6) is 0 Å². The lowest BCUT2D eigenvalue weighted by atomic mass is 10.2. The van der Waals surface area contributed by atoms with Crippen LogP contribution >= 0.6 is 0 Å². The highest BCUT2D eigenvalue weighted by Crippen LogP contribution is 2.44. The fraction of sp³-hybridized carbons (Fsp3) is 0.917. The van der Waals surface area contributed by atoms with Gasteiger partial charge in [0.15, 0.2) is 0 Å². The molecule has 0 aromatic rings. The first kappa shape index (κ1) is 10.9. The van der Waals surface area contributed by atoms with Gasteiger partial charge in [-0.2, -0.15) is 0 Å². The highest BCUT2D eigenvalue weighted by atomic mass is 16.2. The summed E-state index contributed by atoms with van der Waals surface area (Å²) in [5.74, 6) is 0.287. The van der Waals surface area contributed by atoms with Gasteiger partial charge in [-0.1, -0.05) is 13.8 Å². The van der Waals surface area contributed by atoms with Crippen LogP contribution in [0.4, 0.5) is 0 Å². The zero-order chi connectivity index (χ0) is 11.1. The Kier molecular flexibility index (Phi) is 2.75. The van der Waals surface area contributed by atoms with Crippen molar-refractivity contribution in [1.82, 2.24) is 10.2 Å². The maximum absolute atomic E-state index is 12.0. The number of hydrogen-bond donors (Lipinski definition) is 1. The van der Waals surface area contributed by atoms with Crippen LogP contribution in [0.1, 0.15) is 40.0 Å². The van der Waals surface area contributed by atoms with E-state index in [4.69, 9.17) is 0 Å². The van der Waals surface area contributed by atoms with Gasteiger partial charge in [-0.3, -0.25) is 4.79 Å². The van der Waals surface area contributed by atoms with Crippen LogP contribution in [-0.2, 0) is 4.79 Å². The zero-order valence-corrected chi connectivity index (χ0v) is 10.0. The number of nitrogens with zero attached hydrogens (tertiary/aromatic N) is 1. The van der Waals surface area contributed by atoms with E-state index < -0.39 is 0 Å². The van der Waals surface area contributed by atoms with Gasteiger partial charge in [-0.15, -0.1) is 0 Å². The number of amides is 1. The molecule has 2 aliphatic rings. The molecule has 1 amide bonds. The first-order valence-corrected chi connectivity index (χ1v) is 6.05. The minimum atomic E-state index is -0.00475. The Balaban J connectivity index is 1.80. The third-order valence-electron chi connectivity index (χ3n) is 3.75. The Bertz CT molecular complexity index is 256. The Morgan fingerprint density at radius 3 is 2.40 bits per heavy atom. The van der Waals surface area contributed by atoms with Gasteiger partial charge in [0.2, 0.25) is 5.91 Å². The molecule has 1 saturated carbocycles. The van der Waals surface area contributed by atoms with E-state index >= 15 is 0 Å². The van der Waals surface area contributed by atoms with E-state index in [9.17, 15) is 4.79 Å². The molecule has 1 N–H and O–H groups in total. The van der Waals surface area contributed by atoms with Crippen LogP contribution in [0.3, 0.4) is 0 Å². The quantitative estimate of drug-likeness (QED) is 0.763. The van der Waals surface area contributed by atoms with E-state index in [-0.39, 0.29) is 11.9 Å². The van der Waals surface area contributed by atoms with Crippen LogP contribution in [0.15, 0.2) is 0 Å². The van der Waals surface area contributed by atoms with Gasteiger partial charge in [0.1, 0.15) is 0 Å². The van der Waals surface area contributed by atoms with Gasteiger partial charge < -0.3 is 10.2 Å². The lowest BCUT2D eigenvalue weighted by Crippen LogP contribution is -2.45. The predicted octanol–water partition coefficient (Wildman–Crippen LogP) is 1.39. The molecule has 0 aromatic heterocycles. The van der Waals surface area contributed by atoms with Gasteiger partial charge >= 0.3 is 0 Å². The monoisotopic (exact) mass is 210 g/mol. The SMILES string of the molecule is CC(NC1CC1(C)C)C(=O)N1CCCC1. The highest BCUT2D eigenvalue weighted by molar-refractivity contribution is 5.81. The molecule has 1 saturated heterocycles. The summed E-state index contributed by atoms with van der Waals surface area (Å²) in [6, 6.07) is 0.536. The highest BCUT2D eigenvalue weighted by Gasteiger charge is 2.46. The van der Waals surface area contributed by atoms with Crippen LogP contribution in [0.2, 0.25) is 0 Å². The molecule has 0 spiro atoms. The second kappa shape index (κ2) is 3.78. The van der Waals surface area contributed by atoms with Crippen molar-refractivity contribution in [3.05, 3.63) is 0 Å². The minimum Gasteiger partial charge on any atom is -0.341 e. The summed E-state index contributed by atoms with van der Waals surface area (Å²) in [6.07, 6.45) is 3.55. The van der Waals surface area contributed by atoms with Gasteiger partial charge in [0, 0.05) is 19.1 Å². The van der Waals surface area contributed by atoms with E-state index in [0.717, 1.165) is 13.1 Å². The topological polar surface area (TPSA) is 32.3 Å². The zero-order valence-electron chi connectivity index (χ0n) is 10.0. The number of hydrogen-bond acceptors (Lipinski definition) is 2. The second-order valence-corrected chi connectivity index (χ2v) is 5.67. The fourth-order valence-corrected chi connectivity index (χ4v) is 2.34. The summed E-state index contributed by atoms with van der Waals surface area (Å²) in [7, 11) is 0. The molecule has 86 valence electrons. The van der Waals surface area contributed by atoms with Crippen molar-refractivity contribution in [2.24, 2.45) is 5.41 Å². The summed E-state index contributed by atoms with van der Waals surface area (Å²) in [4.78, 5) is 14.0. The average molecular weight is 210 g/mol. The predicted molar refractivity (Wildman–Crippen MR) is 60.6 cm³/mol. The Morgan fingerprint density at radius 1 is 1.40 bits per heavy atom. The summed E-state index contributed by atoms with van der Waals surface area (Å²) in [5.41, 5.74) is 0.402. The third kappa shape index (κ3) is 2.33. The average Bonchev–Trinajstić information content (AvgIpc) is 2.66. The summed E-state index contributed by atoms with van der Waals surface area (Å²) < 4.78 is 0. The van der Waals surface area contributed by atoms with E-state index in [1.807, 2.05) is 11.8 Å². The van der Waals surface area contributed by atoms with Crippen molar-refractivity contribution >= 4 is 5.91 Å². The molecule has 2 fully saturated rings. The molecule has 1 aliphatic heterocycles. The van der Waals surface area contributed by atoms with E-state index in [1.165, 1.54) is 19.3 Å². The molecule has 0 radical (unpaired) electrons. The van der Waals surface area contributed by atoms with Crippen molar-refractivity contribution < 1.29 is 4.79 Å². The second-order valence-electron chi connectivity index (χ2n) is 5.67. The largest absolute Gasteiger partial charge is 0.341 e. The maximum atomic E-state index is 12.0. The maximum Gasteiger partial charge on any atom is 0.239 e. The van der Waals surface area contributed by atoms with E-state index in [0.29, 0.717) is 11.5 Å². The molecule has 1 aliphatic carbocycles. The van der Waals surface area contributed by atoms with E-state index in [1.54, 1.807) is 0 Å². The molecule has 0 bridgehead atoms. The molecule has 1 heterocycles. The smallest absolute Gasteiger partial charge is 0.239 e. The van der Waals surface area contributed by atoms with Crippen LogP contribution in [-0.4, -0.2) is 36.0 Å². The fourth-order valence-electron chi connectivity index (χ4n) is 2.34. The summed E-state index contributed by atoms with van der Waals surface area (Å²) >= 11 is 0. The lowest BCUT2D eigenvalue weighted by molar-refractivity contribution is -0.132. The number of carbonyl (C=O) groups excluding carboxylic acids is 1. The van der Waals surface area contributed by atoms with Gasteiger partial charge in [-0.05, 0) is 31.6 Å². The molecular weight excluding hydrogens is 188 g/mol. The van der Waals surface area contributed by atoms with Crippen molar-refractivity contribution in [3.63, 3.8) is 0 Å². The summed E-state index contributed by atoms with van der Waals surface area (Å²) in [5, 5.41) is 3.43. The number of carbonyl (C=O) groups is 1. The van der Waals surface area contributed by atoms with Crippen molar-refractivity contribution in [2.45, 2.75) is 52.1 Å². The first-order valence-electron chi connectivity index (χ1n) is 6.05. The molecular formula is C12H22N2O. The van der Waals surface area contributed by atoms with Crippen molar-refractivity contribution in [1.29, 1.82) is 0 Å². The number of likely N-dealkylation sites (tertiary alicyclic amines) is 1. The standard InChI is InChI=1S/C12H22N2O/c1-9(13-10-8-12(10,2)3)11(15)14-6-4-5-7-14/h9-10,13H,4-8H2,1-3H3. The van der Waals surface area contributed by atoms with Gasteiger partial charge in [0.05, 0.1) is 6.04 Å². The van der Waals surface area contributed by atoms with Crippen LogP contribution in [0.25, 0.3) is 0 Å². The van der Waals surface area contributed by atoms with Gasteiger partial charge in [-0.25, -0.2) is 0 Å². The Labute approximate surface area is 92.2 Å². The molecule has 3 nitrogen and oxygen atoms in total. The number of rotatable bonds is 3. The Hall–Kier alpha value is -0.570. The first-order chi connectivity index (χ1) is 7.00. The summed E-state index contributed by atoms with van der Waals surface area (Å²) in [6.45, 7) is 8.41. The van der Waals surface area contributed by atoms with Gasteiger partial charge in [0.25, 0.3) is 0 Å². The van der Waals surface area contributed by atoms with E-state index in [2.05, 4.69) is 19.2 Å². The molecule has 2 atom stereocenters.